The Morgan fingerprint density at radius 2 is 1.83 bits per heavy atom. The van der Waals surface area contributed by atoms with Gasteiger partial charge in [-0.1, -0.05) is 0 Å². The van der Waals surface area contributed by atoms with Crippen LogP contribution in [0.1, 0.15) is 6.42 Å². The summed E-state index contributed by atoms with van der Waals surface area (Å²) in [4.78, 5) is 0. The van der Waals surface area contributed by atoms with Gasteiger partial charge in [-0.3, -0.25) is 0 Å². The minimum Gasteiger partial charge on any atom is -0.395 e. The van der Waals surface area contributed by atoms with Gasteiger partial charge in [0.05, 0.1) is 31.5 Å². The zero-order chi connectivity index (χ0) is 9.14. The number of aliphatic hydroxyl groups is 4. The van der Waals surface area contributed by atoms with Crippen molar-refractivity contribution >= 4 is 0 Å². The summed E-state index contributed by atoms with van der Waals surface area (Å²) < 4.78 is 0. The van der Waals surface area contributed by atoms with Gasteiger partial charge in [-0.2, -0.15) is 0 Å². The highest BCUT2D eigenvalue weighted by Crippen LogP contribution is 2.13. The van der Waals surface area contributed by atoms with Crippen LogP contribution >= 0.6 is 0 Å². The third kappa shape index (κ3) is 1.94. The van der Waals surface area contributed by atoms with E-state index in [2.05, 4.69) is 5.32 Å². The van der Waals surface area contributed by atoms with Crippen LogP contribution in [-0.4, -0.2) is 57.9 Å². The molecular weight excluding hydrogens is 162 g/mol. The third-order valence-corrected chi connectivity index (χ3v) is 2.20. The fourth-order valence-electron chi connectivity index (χ4n) is 1.46. The molecule has 1 heterocycles. The number of rotatable bonds is 2. The van der Waals surface area contributed by atoms with Crippen molar-refractivity contribution in [3.05, 3.63) is 0 Å². The molecule has 0 aromatic carbocycles. The predicted molar refractivity (Wildman–Crippen MR) is 41.5 cm³/mol. The van der Waals surface area contributed by atoms with Crippen molar-refractivity contribution in [2.24, 2.45) is 0 Å². The Labute approximate surface area is 70.6 Å². The molecule has 5 N–H and O–H groups in total. The quantitative estimate of drug-likeness (QED) is 0.319. The monoisotopic (exact) mass is 177 g/mol. The van der Waals surface area contributed by atoms with Gasteiger partial charge in [0.15, 0.2) is 0 Å². The Morgan fingerprint density at radius 3 is 2.33 bits per heavy atom. The lowest BCUT2D eigenvalue weighted by Crippen LogP contribution is -2.59. The van der Waals surface area contributed by atoms with Crippen molar-refractivity contribution in [2.45, 2.75) is 30.7 Å². The van der Waals surface area contributed by atoms with E-state index in [1.165, 1.54) is 0 Å². The maximum Gasteiger partial charge on any atom is 0.0974 e. The Hall–Kier alpha value is -0.200. The van der Waals surface area contributed by atoms with Crippen LogP contribution < -0.4 is 5.32 Å². The summed E-state index contributed by atoms with van der Waals surface area (Å²) in [6.07, 6.45) is -1.49. The van der Waals surface area contributed by atoms with E-state index >= 15 is 0 Å². The van der Waals surface area contributed by atoms with Gasteiger partial charge in [0.1, 0.15) is 0 Å². The number of nitrogens with one attached hydrogen (secondary N) is 1. The first-order valence-corrected chi connectivity index (χ1v) is 4.03. The van der Waals surface area contributed by atoms with Gasteiger partial charge in [0.2, 0.25) is 0 Å². The summed E-state index contributed by atoms with van der Waals surface area (Å²) in [5.41, 5.74) is 0. The zero-order valence-corrected chi connectivity index (χ0v) is 6.72. The summed E-state index contributed by atoms with van der Waals surface area (Å²) in [5, 5.41) is 38.9. The number of piperidine rings is 1. The summed E-state index contributed by atoms with van der Waals surface area (Å²) in [6, 6.07) is -0.772. The van der Waals surface area contributed by atoms with E-state index in [-0.39, 0.29) is 19.3 Å². The van der Waals surface area contributed by atoms with E-state index in [4.69, 9.17) is 10.2 Å². The molecule has 0 aliphatic carbocycles. The number of hydrogen-bond acceptors (Lipinski definition) is 5. The molecule has 0 aromatic rings. The Balaban J connectivity index is 2.52. The van der Waals surface area contributed by atoms with E-state index in [0.29, 0.717) is 6.42 Å². The smallest absolute Gasteiger partial charge is 0.0974 e. The first-order valence-electron chi connectivity index (χ1n) is 4.03. The Kier molecular flexibility index (Phi) is 3.42. The van der Waals surface area contributed by atoms with Gasteiger partial charge < -0.3 is 25.7 Å². The number of aliphatic hydroxyl groups excluding tert-OH is 4. The molecular formula is C7H15NO4. The molecule has 5 heteroatoms. The lowest BCUT2D eigenvalue weighted by molar-refractivity contribution is -0.0563. The lowest BCUT2D eigenvalue weighted by Gasteiger charge is -2.36. The molecule has 1 aliphatic heterocycles. The molecule has 0 saturated carbocycles. The van der Waals surface area contributed by atoms with Gasteiger partial charge in [-0.25, -0.2) is 0 Å². The molecule has 12 heavy (non-hydrogen) atoms. The van der Waals surface area contributed by atoms with Crippen LogP contribution in [0.4, 0.5) is 0 Å². The molecule has 0 unspecified atom stereocenters. The normalized spacial score (nSPS) is 43.0. The second-order valence-corrected chi connectivity index (χ2v) is 3.13. The van der Waals surface area contributed by atoms with Crippen LogP contribution in [0.2, 0.25) is 0 Å². The molecule has 0 aromatic heterocycles. The summed E-state index contributed by atoms with van der Waals surface area (Å²) in [7, 11) is 0. The fraction of sp³-hybridized carbons (Fsp3) is 1.00. The highest BCUT2D eigenvalue weighted by atomic mass is 16.3. The molecule has 1 saturated heterocycles. The van der Waals surface area contributed by atoms with Crippen LogP contribution in [0.15, 0.2) is 0 Å². The van der Waals surface area contributed by atoms with Gasteiger partial charge in [0, 0.05) is 6.04 Å². The van der Waals surface area contributed by atoms with E-state index in [1.54, 1.807) is 0 Å². The molecule has 0 radical (unpaired) electrons. The molecule has 4 atom stereocenters. The maximum absolute atomic E-state index is 9.30. The van der Waals surface area contributed by atoms with E-state index < -0.39 is 18.2 Å². The van der Waals surface area contributed by atoms with Crippen LogP contribution in [0.5, 0.6) is 0 Å². The molecule has 1 fully saturated rings. The Bertz CT molecular complexity index is 143. The molecule has 72 valence electrons. The SMILES string of the molecule is OC[C@@H]1C[C@H](O)[C@H](O)[C@H](CO)N1. The minimum atomic E-state index is -0.946. The van der Waals surface area contributed by atoms with Gasteiger partial charge >= 0.3 is 0 Å². The molecule has 0 bridgehead atoms. The van der Waals surface area contributed by atoms with Crippen LogP contribution in [0, 0.1) is 0 Å². The molecule has 0 amide bonds. The van der Waals surface area contributed by atoms with Crippen LogP contribution in [0.25, 0.3) is 0 Å². The van der Waals surface area contributed by atoms with Crippen molar-refractivity contribution in [3.63, 3.8) is 0 Å². The average Bonchev–Trinajstić information content (AvgIpc) is 2.09. The fourth-order valence-corrected chi connectivity index (χ4v) is 1.46. The van der Waals surface area contributed by atoms with Gasteiger partial charge in [-0.15, -0.1) is 0 Å². The lowest BCUT2D eigenvalue weighted by atomic mass is 9.94. The highest BCUT2D eigenvalue weighted by Gasteiger charge is 2.34. The van der Waals surface area contributed by atoms with Crippen LogP contribution in [0.3, 0.4) is 0 Å². The van der Waals surface area contributed by atoms with Crippen molar-refractivity contribution in [2.75, 3.05) is 13.2 Å². The van der Waals surface area contributed by atoms with Gasteiger partial charge in [-0.05, 0) is 6.42 Å². The average molecular weight is 177 g/mol. The van der Waals surface area contributed by atoms with Crippen molar-refractivity contribution in [3.8, 4) is 0 Å². The molecule has 5 nitrogen and oxygen atoms in total. The zero-order valence-electron chi connectivity index (χ0n) is 6.72. The largest absolute Gasteiger partial charge is 0.395 e. The van der Waals surface area contributed by atoms with Crippen molar-refractivity contribution in [1.82, 2.24) is 5.32 Å². The topological polar surface area (TPSA) is 93.0 Å². The molecule has 1 aliphatic rings. The summed E-state index contributed by atoms with van der Waals surface area (Å²) >= 11 is 0. The summed E-state index contributed by atoms with van der Waals surface area (Å²) in [6.45, 7) is -0.338. The minimum absolute atomic E-state index is 0.0969. The van der Waals surface area contributed by atoms with Gasteiger partial charge in [0.25, 0.3) is 0 Å². The highest BCUT2D eigenvalue weighted by molar-refractivity contribution is 4.91. The second-order valence-electron chi connectivity index (χ2n) is 3.13. The molecule has 1 rings (SSSR count). The van der Waals surface area contributed by atoms with Crippen molar-refractivity contribution < 1.29 is 20.4 Å². The Morgan fingerprint density at radius 1 is 1.17 bits per heavy atom. The van der Waals surface area contributed by atoms with Crippen molar-refractivity contribution in [1.29, 1.82) is 0 Å². The maximum atomic E-state index is 9.30. The number of hydrogen-bond donors (Lipinski definition) is 5. The second kappa shape index (κ2) is 4.15. The van der Waals surface area contributed by atoms with E-state index in [1.807, 2.05) is 0 Å². The first kappa shape index (κ1) is 9.88. The summed E-state index contributed by atoms with van der Waals surface area (Å²) in [5.74, 6) is 0. The van der Waals surface area contributed by atoms with E-state index in [0.717, 1.165) is 0 Å². The molecule has 0 spiro atoms. The first-order chi connectivity index (χ1) is 5.69. The third-order valence-electron chi connectivity index (χ3n) is 2.20. The van der Waals surface area contributed by atoms with Crippen LogP contribution in [-0.2, 0) is 0 Å². The standard InChI is InChI=1S/C7H15NO4/c9-2-4-1-6(11)7(12)5(3-10)8-4/h4-12H,1-3H2/t4-,5-,6-,7+/m0/s1. The van der Waals surface area contributed by atoms with E-state index in [9.17, 15) is 10.2 Å². The predicted octanol–water partition coefficient (Wildman–Crippen LogP) is -2.58.